The van der Waals surface area contributed by atoms with Gasteiger partial charge in [-0.05, 0) is 38.7 Å². The Morgan fingerprint density at radius 1 is 1.23 bits per heavy atom. The summed E-state index contributed by atoms with van der Waals surface area (Å²) in [6, 6.07) is 9.93. The standard InChI is InChI=1S/C21H23N3O2/c1-13-6-8-16(9-7-13)19-18-17(11-15(3)22-20(18)26-23-19)21(25)24-10-4-5-14(2)12-24/h6-9,11,14H,4-5,10,12H2,1-3H3. The number of carbonyl (C=O) groups excluding carboxylic acids is 1. The van der Waals surface area contributed by atoms with Crippen LogP contribution in [0.4, 0.5) is 0 Å². The lowest BCUT2D eigenvalue weighted by molar-refractivity contribution is 0.0685. The third kappa shape index (κ3) is 2.98. The fraction of sp³-hybridized carbons (Fsp3) is 0.381. The summed E-state index contributed by atoms with van der Waals surface area (Å²) in [5, 5.41) is 4.94. The highest BCUT2D eigenvalue weighted by atomic mass is 16.5. The van der Waals surface area contributed by atoms with Gasteiger partial charge in [0.05, 0.1) is 10.9 Å². The van der Waals surface area contributed by atoms with E-state index in [1.807, 2.05) is 49.1 Å². The second-order valence-electron chi connectivity index (χ2n) is 7.39. The first kappa shape index (κ1) is 16.8. The van der Waals surface area contributed by atoms with Crippen LogP contribution in [-0.4, -0.2) is 34.0 Å². The number of fused-ring (bicyclic) bond motifs is 1. The Kier molecular flexibility index (Phi) is 4.23. The van der Waals surface area contributed by atoms with Crippen molar-refractivity contribution in [3.05, 3.63) is 47.2 Å². The molecule has 26 heavy (non-hydrogen) atoms. The van der Waals surface area contributed by atoms with Crippen molar-refractivity contribution in [3.8, 4) is 11.3 Å². The summed E-state index contributed by atoms with van der Waals surface area (Å²) < 4.78 is 5.48. The van der Waals surface area contributed by atoms with E-state index >= 15 is 0 Å². The van der Waals surface area contributed by atoms with Gasteiger partial charge in [0.15, 0.2) is 0 Å². The van der Waals surface area contributed by atoms with Crippen molar-refractivity contribution < 1.29 is 9.32 Å². The minimum atomic E-state index is 0.0450. The Labute approximate surface area is 153 Å². The van der Waals surface area contributed by atoms with Crippen molar-refractivity contribution in [2.75, 3.05) is 13.1 Å². The third-order valence-electron chi connectivity index (χ3n) is 5.07. The number of pyridine rings is 1. The van der Waals surface area contributed by atoms with E-state index in [9.17, 15) is 4.79 Å². The lowest BCUT2D eigenvalue weighted by atomic mass is 9.98. The summed E-state index contributed by atoms with van der Waals surface area (Å²) in [6.45, 7) is 7.72. The number of rotatable bonds is 2. The van der Waals surface area contributed by atoms with Crippen molar-refractivity contribution in [1.82, 2.24) is 15.0 Å². The molecule has 1 unspecified atom stereocenters. The molecule has 5 heteroatoms. The maximum atomic E-state index is 13.3. The van der Waals surface area contributed by atoms with E-state index in [0.29, 0.717) is 28.3 Å². The lowest BCUT2D eigenvalue weighted by Gasteiger charge is -2.31. The molecule has 0 N–H and O–H groups in total. The number of piperidine rings is 1. The Morgan fingerprint density at radius 3 is 2.73 bits per heavy atom. The van der Waals surface area contributed by atoms with Gasteiger partial charge in [0.1, 0.15) is 5.69 Å². The van der Waals surface area contributed by atoms with Crippen LogP contribution in [0.5, 0.6) is 0 Å². The molecule has 1 saturated heterocycles. The number of aryl methyl sites for hydroxylation is 2. The number of amides is 1. The molecule has 3 aromatic rings. The summed E-state index contributed by atoms with van der Waals surface area (Å²) >= 11 is 0. The number of hydrogen-bond acceptors (Lipinski definition) is 4. The average molecular weight is 349 g/mol. The first-order valence-corrected chi connectivity index (χ1v) is 9.16. The normalized spacial score (nSPS) is 17.7. The first-order valence-electron chi connectivity index (χ1n) is 9.16. The molecule has 0 aliphatic carbocycles. The van der Waals surface area contributed by atoms with Crippen molar-refractivity contribution >= 4 is 17.0 Å². The molecule has 2 aromatic heterocycles. The molecule has 1 aliphatic heterocycles. The van der Waals surface area contributed by atoms with E-state index < -0.39 is 0 Å². The van der Waals surface area contributed by atoms with Crippen molar-refractivity contribution in [1.29, 1.82) is 0 Å². The van der Waals surface area contributed by atoms with Crippen LogP contribution in [-0.2, 0) is 0 Å². The Hall–Kier alpha value is -2.69. The number of nitrogens with zero attached hydrogens (tertiary/aromatic N) is 3. The molecule has 134 valence electrons. The zero-order valence-electron chi connectivity index (χ0n) is 15.5. The molecule has 0 saturated carbocycles. The molecule has 0 spiro atoms. The number of aromatic nitrogens is 2. The van der Waals surface area contributed by atoms with Gasteiger partial charge in [0, 0.05) is 24.3 Å². The van der Waals surface area contributed by atoms with Gasteiger partial charge in [0.2, 0.25) is 0 Å². The van der Waals surface area contributed by atoms with E-state index in [4.69, 9.17) is 4.52 Å². The fourth-order valence-electron chi connectivity index (χ4n) is 3.70. The highest BCUT2D eigenvalue weighted by molar-refractivity contribution is 6.09. The number of benzene rings is 1. The van der Waals surface area contributed by atoms with E-state index in [1.54, 1.807) is 0 Å². The zero-order chi connectivity index (χ0) is 18.3. The quantitative estimate of drug-likeness (QED) is 0.689. The molecule has 1 aromatic carbocycles. The minimum absolute atomic E-state index is 0.0450. The van der Waals surface area contributed by atoms with Gasteiger partial charge < -0.3 is 9.42 Å². The van der Waals surface area contributed by atoms with E-state index in [0.717, 1.165) is 30.8 Å². The highest BCUT2D eigenvalue weighted by Crippen LogP contribution is 2.32. The maximum absolute atomic E-state index is 13.3. The third-order valence-corrected chi connectivity index (χ3v) is 5.07. The molecule has 1 atom stereocenters. The summed E-state index contributed by atoms with van der Waals surface area (Å²) in [7, 11) is 0. The van der Waals surface area contributed by atoms with Crippen molar-refractivity contribution in [3.63, 3.8) is 0 Å². The monoisotopic (exact) mass is 349 g/mol. The predicted molar refractivity (Wildman–Crippen MR) is 101 cm³/mol. The summed E-state index contributed by atoms with van der Waals surface area (Å²) in [5.41, 5.74) is 4.61. The summed E-state index contributed by atoms with van der Waals surface area (Å²) in [6.07, 6.45) is 2.23. The van der Waals surface area contributed by atoms with E-state index in [1.165, 1.54) is 12.0 Å². The number of likely N-dealkylation sites (tertiary alicyclic amines) is 1. The van der Waals surface area contributed by atoms with Crippen LogP contribution in [0.2, 0.25) is 0 Å². The second kappa shape index (κ2) is 6.56. The van der Waals surface area contributed by atoms with Crippen LogP contribution in [0.3, 0.4) is 0 Å². The Bertz CT molecular complexity index is 959. The van der Waals surface area contributed by atoms with Crippen LogP contribution in [0.1, 0.15) is 41.4 Å². The molecule has 4 rings (SSSR count). The van der Waals surface area contributed by atoms with Crippen LogP contribution in [0, 0.1) is 19.8 Å². The fourth-order valence-corrected chi connectivity index (χ4v) is 3.70. The van der Waals surface area contributed by atoms with Crippen molar-refractivity contribution in [2.45, 2.75) is 33.6 Å². The first-order chi connectivity index (χ1) is 12.5. The molecule has 1 amide bonds. The zero-order valence-corrected chi connectivity index (χ0v) is 15.5. The summed E-state index contributed by atoms with van der Waals surface area (Å²) in [4.78, 5) is 19.7. The van der Waals surface area contributed by atoms with E-state index in [2.05, 4.69) is 17.1 Å². The molecule has 1 aliphatic rings. The SMILES string of the molecule is Cc1ccc(-c2noc3nc(C)cc(C(=O)N4CCCC(C)C4)c23)cc1. The summed E-state index contributed by atoms with van der Waals surface area (Å²) in [5.74, 6) is 0.578. The van der Waals surface area contributed by atoms with Gasteiger partial charge in [-0.15, -0.1) is 0 Å². The molecular formula is C21H23N3O2. The van der Waals surface area contributed by atoms with Crippen LogP contribution in [0.25, 0.3) is 22.4 Å². The molecule has 1 fully saturated rings. The van der Waals surface area contributed by atoms with Gasteiger partial charge in [-0.3, -0.25) is 4.79 Å². The van der Waals surface area contributed by atoms with Crippen LogP contribution >= 0.6 is 0 Å². The van der Waals surface area contributed by atoms with Crippen LogP contribution < -0.4 is 0 Å². The average Bonchev–Trinajstić information content (AvgIpc) is 3.04. The smallest absolute Gasteiger partial charge is 0.259 e. The molecule has 0 radical (unpaired) electrons. The van der Waals surface area contributed by atoms with Gasteiger partial charge in [-0.25, -0.2) is 4.98 Å². The Balaban J connectivity index is 1.84. The predicted octanol–water partition coefficient (Wildman–Crippen LogP) is 4.38. The van der Waals surface area contributed by atoms with Gasteiger partial charge in [-0.2, -0.15) is 0 Å². The van der Waals surface area contributed by atoms with Gasteiger partial charge in [-0.1, -0.05) is 41.9 Å². The minimum Gasteiger partial charge on any atom is -0.338 e. The molecular weight excluding hydrogens is 326 g/mol. The highest BCUT2D eigenvalue weighted by Gasteiger charge is 2.27. The largest absolute Gasteiger partial charge is 0.338 e. The second-order valence-corrected chi connectivity index (χ2v) is 7.39. The maximum Gasteiger partial charge on any atom is 0.259 e. The van der Waals surface area contributed by atoms with Crippen LogP contribution in [0.15, 0.2) is 34.9 Å². The van der Waals surface area contributed by atoms with E-state index in [-0.39, 0.29) is 5.91 Å². The number of hydrogen-bond donors (Lipinski definition) is 0. The molecule has 0 bridgehead atoms. The molecule has 3 heterocycles. The number of carbonyl (C=O) groups is 1. The molecule has 5 nitrogen and oxygen atoms in total. The lowest BCUT2D eigenvalue weighted by Crippen LogP contribution is -2.39. The van der Waals surface area contributed by atoms with Gasteiger partial charge >= 0.3 is 0 Å². The van der Waals surface area contributed by atoms with Gasteiger partial charge in [0.25, 0.3) is 11.6 Å². The topological polar surface area (TPSA) is 59.2 Å². The Morgan fingerprint density at radius 2 is 2.00 bits per heavy atom. The van der Waals surface area contributed by atoms with Crippen molar-refractivity contribution in [2.24, 2.45) is 5.92 Å².